The summed E-state index contributed by atoms with van der Waals surface area (Å²) in [6.45, 7) is 0. The van der Waals surface area contributed by atoms with E-state index >= 15 is 0 Å². The van der Waals surface area contributed by atoms with Crippen LogP contribution >= 0.6 is 22.6 Å². The molecule has 0 atom stereocenters. The van der Waals surface area contributed by atoms with Crippen LogP contribution < -0.4 is 15.9 Å². The Morgan fingerprint density at radius 3 is 2.48 bits per heavy atom. The number of benzene rings is 2. The number of hydrogen-bond donors (Lipinski definition) is 3. The predicted octanol–water partition coefficient (Wildman–Crippen LogP) is 2.78. The zero-order chi connectivity index (χ0) is 16.6. The molecule has 23 heavy (non-hydrogen) atoms. The quantitative estimate of drug-likeness (QED) is 0.568. The Hall–Kier alpha value is -2.29. The second kappa shape index (κ2) is 6.07. The maximum absolute atomic E-state index is 12.5. The molecule has 3 rings (SSSR count). The van der Waals surface area contributed by atoms with Gasteiger partial charge in [0.25, 0.3) is 5.91 Å². The topological polar surface area (TPSA) is 81.0 Å². The number of anilines is 2. The molecule has 0 bridgehead atoms. The van der Waals surface area contributed by atoms with Crippen molar-refractivity contribution >= 4 is 50.9 Å². The highest BCUT2D eigenvalue weighted by Gasteiger charge is 2.13. The molecule has 0 saturated carbocycles. The number of hydrogen-bond acceptors (Lipinski definition) is 3. The smallest absolute Gasteiger partial charge is 0.323 e. The van der Waals surface area contributed by atoms with Crippen LogP contribution in [-0.2, 0) is 0 Å². The lowest BCUT2D eigenvalue weighted by atomic mass is 10.2. The fourth-order valence-electron chi connectivity index (χ4n) is 2.37. The number of nitrogens with one attached hydrogen (secondary N) is 3. The van der Waals surface area contributed by atoms with E-state index in [2.05, 4.69) is 37.9 Å². The number of carbonyl (C=O) groups excluding carboxylic acids is 1. The summed E-state index contributed by atoms with van der Waals surface area (Å²) in [4.78, 5) is 31.2. The summed E-state index contributed by atoms with van der Waals surface area (Å²) in [7, 11) is 3.76. The van der Waals surface area contributed by atoms with Crippen LogP contribution in [0.5, 0.6) is 0 Å². The highest BCUT2D eigenvalue weighted by molar-refractivity contribution is 14.1. The third-order valence-corrected chi connectivity index (χ3v) is 4.12. The van der Waals surface area contributed by atoms with Gasteiger partial charge < -0.3 is 20.2 Å². The van der Waals surface area contributed by atoms with Crippen molar-refractivity contribution < 1.29 is 4.79 Å². The summed E-state index contributed by atoms with van der Waals surface area (Å²) in [6, 6.07) is 11.0. The van der Waals surface area contributed by atoms with Gasteiger partial charge in [-0.25, -0.2) is 4.79 Å². The van der Waals surface area contributed by atoms with Crippen molar-refractivity contribution in [1.82, 2.24) is 9.97 Å². The first-order chi connectivity index (χ1) is 10.9. The molecular weight excluding hydrogens is 407 g/mol. The van der Waals surface area contributed by atoms with Gasteiger partial charge >= 0.3 is 5.69 Å². The Morgan fingerprint density at radius 2 is 1.83 bits per heavy atom. The monoisotopic (exact) mass is 422 g/mol. The molecule has 3 N–H and O–H groups in total. The molecule has 0 unspecified atom stereocenters. The number of H-pyrrole nitrogens is 2. The minimum absolute atomic E-state index is 0.191. The molecule has 1 heterocycles. The number of rotatable bonds is 3. The van der Waals surface area contributed by atoms with Gasteiger partial charge in [0, 0.05) is 23.2 Å². The van der Waals surface area contributed by atoms with Crippen molar-refractivity contribution in [2.24, 2.45) is 0 Å². The SMILES string of the molecule is CN(C)c1cc2[nH]c(=O)[nH]c2cc1NC(=O)c1cccc(I)c1. The summed E-state index contributed by atoms with van der Waals surface area (Å²) >= 11 is 2.17. The van der Waals surface area contributed by atoms with E-state index in [1.165, 1.54) is 0 Å². The average molecular weight is 422 g/mol. The fraction of sp³-hybridized carbons (Fsp3) is 0.125. The molecule has 0 aliphatic heterocycles. The lowest BCUT2D eigenvalue weighted by Gasteiger charge is -2.18. The van der Waals surface area contributed by atoms with Gasteiger partial charge in [-0.05, 0) is 52.9 Å². The third-order valence-electron chi connectivity index (χ3n) is 3.45. The number of aromatic nitrogens is 2. The minimum Gasteiger partial charge on any atom is -0.376 e. The van der Waals surface area contributed by atoms with Gasteiger partial charge in [-0.3, -0.25) is 4.79 Å². The van der Waals surface area contributed by atoms with Crippen molar-refractivity contribution in [2.45, 2.75) is 0 Å². The number of nitrogens with zero attached hydrogens (tertiary/aromatic N) is 1. The van der Waals surface area contributed by atoms with Crippen molar-refractivity contribution in [3.05, 3.63) is 56.0 Å². The zero-order valence-electron chi connectivity index (χ0n) is 12.6. The van der Waals surface area contributed by atoms with Crippen LogP contribution in [0, 0.1) is 3.57 Å². The molecule has 0 aliphatic rings. The molecular formula is C16H15IN4O2. The van der Waals surface area contributed by atoms with E-state index in [9.17, 15) is 9.59 Å². The Bertz CT molecular complexity index is 943. The van der Waals surface area contributed by atoms with Gasteiger partial charge in [-0.2, -0.15) is 0 Å². The molecule has 3 aromatic rings. The molecule has 2 aromatic carbocycles. The third kappa shape index (κ3) is 3.24. The summed E-state index contributed by atoms with van der Waals surface area (Å²) < 4.78 is 0.994. The van der Waals surface area contributed by atoms with Gasteiger partial charge in [0.05, 0.1) is 22.4 Å². The van der Waals surface area contributed by atoms with Crippen LogP contribution in [-0.4, -0.2) is 30.0 Å². The average Bonchev–Trinajstić information content (AvgIpc) is 2.85. The van der Waals surface area contributed by atoms with Gasteiger partial charge in [0.1, 0.15) is 0 Å². The Labute approximate surface area is 146 Å². The number of amides is 1. The fourth-order valence-corrected chi connectivity index (χ4v) is 2.91. The van der Waals surface area contributed by atoms with E-state index < -0.39 is 0 Å². The van der Waals surface area contributed by atoms with E-state index in [1.807, 2.05) is 43.3 Å². The first-order valence-electron chi connectivity index (χ1n) is 6.94. The molecule has 0 aliphatic carbocycles. The summed E-state index contributed by atoms with van der Waals surface area (Å²) in [5.74, 6) is -0.191. The number of imidazole rings is 1. The standard InChI is InChI=1S/C16H15IN4O2/c1-21(2)14-8-12-11(19-16(23)20-12)7-13(14)18-15(22)9-4-3-5-10(17)6-9/h3-8H,1-2H3,(H,18,22)(H2,19,20,23). The number of aromatic amines is 2. The Kier molecular flexibility index (Phi) is 4.12. The van der Waals surface area contributed by atoms with Crippen LogP contribution in [0.2, 0.25) is 0 Å². The number of carbonyl (C=O) groups is 1. The zero-order valence-corrected chi connectivity index (χ0v) is 14.8. The van der Waals surface area contributed by atoms with Gasteiger partial charge in [0.2, 0.25) is 0 Å². The molecule has 0 spiro atoms. The van der Waals surface area contributed by atoms with E-state index in [1.54, 1.807) is 12.1 Å². The maximum Gasteiger partial charge on any atom is 0.323 e. The Balaban J connectivity index is 2.02. The first-order valence-corrected chi connectivity index (χ1v) is 8.02. The molecule has 7 heteroatoms. The summed E-state index contributed by atoms with van der Waals surface area (Å²) in [5, 5.41) is 2.92. The number of fused-ring (bicyclic) bond motifs is 1. The van der Waals surface area contributed by atoms with Crippen LogP contribution in [0.15, 0.2) is 41.2 Å². The molecule has 0 radical (unpaired) electrons. The molecule has 1 amide bonds. The molecule has 118 valence electrons. The van der Waals surface area contributed by atoms with E-state index in [0.717, 1.165) is 9.26 Å². The highest BCUT2D eigenvalue weighted by Crippen LogP contribution is 2.28. The van der Waals surface area contributed by atoms with E-state index in [0.29, 0.717) is 22.3 Å². The lowest BCUT2D eigenvalue weighted by molar-refractivity contribution is 0.102. The molecule has 6 nitrogen and oxygen atoms in total. The van der Waals surface area contributed by atoms with Crippen molar-refractivity contribution in [3.8, 4) is 0 Å². The summed E-state index contributed by atoms with van der Waals surface area (Å²) in [5.41, 5.74) is 3.12. The lowest BCUT2D eigenvalue weighted by Crippen LogP contribution is -2.17. The molecule has 0 fully saturated rings. The Morgan fingerprint density at radius 1 is 1.13 bits per heavy atom. The van der Waals surface area contributed by atoms with Crippen molar-refractivity contribution in [1.29, 1.82) is 0 Å². The van der Waals surface area contributed by atoms with Gasteiger partial charge in [-0.15, -0.1) is 0 Å². The predicted molar refractivity (Wildman–Crippen MR) is 100 cm³/mol. The second-order valence-electron chi connectivity index (χ2n) is 5.35. The van der Waals surface area contributed by atoms with Crippen molar-refractivity contribution in [3.63, 3.8) is 0 Å². The van der Waals surface area contributed by atoms with Gasteiger partial charge in [-0.1, -0.05) is 6.07 Å². The van der Waals surface area contributed by atoms with Crippen LogP contribution in [0.4, 0.5) is 11.4 Å². The van der Waals surface area contributed by atoms with Crippen molar-refractivity contribution in [2.75, 3.05) is 24.3 Å². The van der Waals surface area contributed by atoms with Crippen LogP contribution in [0.1, 0.15) is 10.4 Å². The minimum atomic E-state index is -0.272. The molecule has 0 saturated heterocycles. The maximum atomic E-state index is 12.5. The highest BCUT2D eigenvalue weighted by atomic mass is 127. The normalized spacial score (nSPS) is 10.7. The van der Waals surface area contributed by atoms with Crippen LogP contribution in [0.25, 0.3) is 11.0 Å². The van der Waals surface area contributed by atoms with E-state index in [-0.39, 0.29) is 11.6 Å². The molecule has 1 aromatic heterocycles. The first kappa shape index (κ1) is 15.6. The second-order valence-corrected chi connectivity index (χ2v) is 6.60. The van der Waals surface area contributed by atoms with Crippen LogP contribution in [0.3, 0.4) is 0 Å². The van der Waals surface area contributed by atoms with E-state index in [4.69, 9.17) is 0 Å². The largest absolute Gasteiger partial charge is 0.376 e. The summed E-state index contributed by atoms with van der Waals surface area (Å²) in [6.07, 6.45) is 0. The van der Waals surface area contributed by atoms with Gasteiger partial charge in [0.15, 0.2) is 0 Å². The number of halogens is 1.